The zero-order chi connectivity index (χ0) is 14.0. The molecule has 2 nitrogen and oxygen atoms in total. The van der Waals surface area contributed by atoms with E-state index in [1.807, 2.05) is 7.11 Å². The van der Waals surface area contributed by atoms with Crippen molar-refractivity contribution in [1.29, 1.82) is 0 Å². The quantitative estimate of drug-likeness (QED) is 0.881. The zero-order valence-corrected chi connectivity index (χ0v) is 12.8. The van der Waals surface area contributed by atoms with Crippen LogP contribution in [0.5, 0.6) is 0 Å². The van der Waals surface area contributed by atoms with Gasteiger partial charge in [-0.3, -0.25) is 0 Å². The molecule has 1 unspecified atom stereocenters. The van der Waals surface area contributed by atoms with E-state index in [2.05, 4.69) is 32.9 Å². The molecule has 0 heterocycles. The van der Waals surface area contributed by atoms with Gasteiger partial charge in [0, 0.05) is 13.2 Å². The average Bonchev–Trinajstić information content (AvgIpc) is 2.28. The van der Waals surface area contributed by atoms with Crippen LogP contribution in [0.1, 0.15) is 47.9 Å². The lowest BCUT2D eigenvalue weighted by molar-refractivity contribution is -0.0813. The van der Waals surface area contributed by atoms with Gasteiger partial charge in [0.2, 0.25) is 0 Å². The molecule has 0 saturated heterocycles. The Morgan fingerprint density at radius 3 is 2.21 bits per heavy atom. The number of benzene rings is 1. The van der Waals surface area contributed by atoms with E-state index in [-0.39, 0.29) is 11.6 Å². The summed E-state index contributed by atoms with van der Waals surface area (Å²) in [5.41, 5.74) is 11.9. The zero-order valence-electron chi connectivity index (χ0n) is 12.8. The first-order valence-electron chi connectivity index (χ1n) is 7.33. The summed E-state index contributed by atoms with van der Waals surface area (Å²) < 4.78 is 5.68. The highest BCUT2D eigenvalue weighted by atomic mass is 16.5. The number of aryl methyl sites for hydroxylation is 3. The Bertz CT molecular complexity index is 420. The number of hydrogen-bond acceptors (Lipinski definition) is 2. The molecule has 106 valence electrons. The molecule has 19 heavy (non-hydrogen) atoms. The molecular weight excluding hydrogens is 234 g/mol. The van der Waals surface area contributed by atoms with Gasteiger partial charge in [-0.05, 0) is 69.6 Å². The fourth-order valence-corrected chi connectivity index (χ4v) is 3.41. The van der Waals surface area contributed by atoms with Gasteiger partial charge in [-0.1, -0.05) is 17.7 Å². The average molecular weight is 261 g/mol. The predicted molar refractivity (Wildman–Crippen MR) is 80.5 cm³/mol. The minimum atomic E-state index is 0.0753. The van der Waals surface area contributed by atoms with Gasteiger partial charge in [0.1, 0.15) is 0 Å². The lowest BCUT2D eigenvalue weighted by Crippen LogP contribution is -2.45. The van der Waals surface area contributed by atoms with Crippen LogP contribution in [0.3, 0.4) is 0 Å². The second kappa shape index (κ2) is 5.64. The van der Waals surface area contributed by atoms with Crippen LogP contribution < -0.4 is 5.73 Å². The van der Waals surface area contributed by atoms with E-state index in [1.54, 1.807) is 0 Å². The minimum Gasteiger partial charge on any atom is -0.378 e. The van der Waals surface area contributed by atoms with Crippen molar-refractivity contribution in [3.63, 3.8) is 0 Å². The largest absolute Gasteiger partial charge is 0.378 e. The van der Waals surface area contributed by atoms with E-state index in [0.717, 1.165) is 12.8 Å². The molecule has 1 aromatic rings. The van der Waals surface area contributed by atoms with Gasteiger partial charge in [0.05, 0.1) is 5.60 Å². The molecule has 2 N–H and O–H groups in total. The number of rotatable bonds is 5. The SMILES string of the molecule is COC1(CC(N)Cc2c(C)cc(C)cc2C)CCC1. The van der Waals surface area contributed by atoms with Crippen molar-refractivity contribution >= 4 is 0 Å². The minimum absolute atomic E-state index is 0.0753. The first kappa shape index (κ1) is 14.5. The molecule has 0 bridgehead atoms. The maximum absolute atomic E-state index is 6.37. The fourth-order valence-electron chi connectivity index (χ4n) is 3.41. The lowest BCUT2D eigenvalue weighted by Gasteiger charge is -2.42. The Labute approximate surface area is 117 Å². The topological polar surface area (TPSA) is 35.2 Å². The molecule has 2 rings (SSSR count). The van der Waals surface area contributed by atoms with Crippen LogP contribution in [0.2, 0.25) is 0 Å². The summed E-state index contributed by atoms with van der Waals surface area (Å²) in [4.78, 5) is 0. The molecular formula is C17H27NO. The van der Waals surface area contributed by atoms with Crippen molar-refractivity contribution in [3.05, 3.63) is 34.4 Å². The van der Waals surface area contributed by atoms with Crippen LogP contribution >= 0.6 is 0 Å². The third kappa shape index (κ3) is 3.18. The monoisotopic (exact) mass is 261 g/mol. The normalized spacial score (nSPS) is 19.0. The van der Waals surface area contributed by atoms with E-state index in [1.165, 1.54) is 41.5 Å². The third-order valence-electron chi connectivity index (χ3n) is 4.64. The first-order chi connectivity index (χ1) is 8.96. The second-order valence-electron chi connectivity index (χ2n) is 6.29. The molecule has 0 amide bonds. The van der Waals surface area contributed by atoms with E-state index in [4.69, 9.17) is 10.5 Å². The van der Waals surface area contributed by atoms with Crippen molar-refractivity contribution in [2.45, 2.75) is 64.5 Å². The molecule has 1 aromatic carbocycles. The van der Waals surface area contributed by atoms with Crippen LogP contribution in [-0.2, 0) is 11.2 Å². The molecule has 0 spiro atoms. The van der Waals surface area contributed by atoms with Crippen LogP contribution in [0, 0.1) is 20.8 Å². The van der Waals surface area contributed by atoms with E-state index >= 15 is 0 Å². The highest BCUT2D eigenvalue weighted by Crippen LogP contribution is 2.39. The lowest BCUT2D eigenvalue weighted by atomic mass is 9.75. The Balaban J connectivity index is 2.05. The summed E-state index contributed by atoms with van der Waals surface area (Å²) in [6.07, 6.45) is 5.56. The highest BCUT2D eigenvalue weighted by Gasteiger charge is 2.38. The molecule has 0 aliphatic heterocycles. The summed E-state index contributed by atoms with van der Waals surface area (Å²) in [5.74, 6) is 0. The van der Waals surface area contributed by atoms with E-state index in [0.29, 0.717) is 0 Å². The molecule has 0 aromatic heterocycles. The van der Waals surface area contributed by atoms with Gasteiger partial charge in [-0.25, -0.2) is 0 Å². The molecule has 1 saturated carbocycles. The maximum Gasteiger partial charge on any atom is 0.0693 e. The predicted octanol–water partition coefficient (Wildman–Crippen LogP) is 3.44. The summed E-state index contributed by atoms with van der Waals surface area (Å²) in [6.45, 7) is 6.53. The summed E-state index contributed by atoms with van der Waals surface area (Å²) in [6, 6.07) is 4.70. The van der Waals surface area contributed by atoms with Gasteiger partial charge in [0.15, 0.2) is 0 Å². The molecule has 1 aliphatic carbocycles. The highest BCUT2D eigenvalue weighted by molar-refractivity contribution is 5.38. The van der Waals surface area contributed by atoms with E-state index < -0.39 is 0 Å². The standard InChI is InChI=1S/C17H27NO/c1-12-8-13(2)16(14(3)9-12)10-15(18)11-17(19-4)6-5-7-17/h8-9,15H,5-7,10-11,18H2,1-4H3. The van der Waals surface area contributed by atoms with Gasteiger partial charge in [0.25, 0.3) is 0 Å². The van der Waals surface area contributed by atoms with Gasteiger partial charge < -0.3 is 10.5 Å². The fraction of sp³-hybridized carbons (Fsp3) is 0.647. The van der Waals surface area contributed by atoms with E-state index in [9.17, 15) is 0 Å². The summed E-state index contributed by atoms with van der Waals surface area (Å²) in [7, 11) is 1.83. The second-order valence-corrected chi connectivity index (χ2v) is 6.29. The van der Waals surface area contributed by atoms with Gasteiger partial charge in [-0.15, -0.1) is 0 Å². The van der Waals surface area contributed by atoms with Gasteiger partial charge >= 0.3 is 0 Å². The van der Waals surface area contributed by atoms with Crippen molar-refractivity contribution in [2.24, 2.45) is 5.73 Å². The summed E-state index contributed by atoms with van der Waals surface area (Å²) >= 11 is 0. The summed E-state index contributed by atoms with van der Waals surface area (Å²) in [5, 5.41) is 0. The Morgan fingerprint density at radius 1 is 1.21 bits per heavy atom. The van der Waals surface area contributed by atoms with Crippen molar-refractivity contribution < 1.29 is 4.74 Å². The van der Waals surface area contributed by atoms with Crippen molar-refractivity contribution in [3.8, 4) is 0 Å². The number of hydrogen-bond donors (Lipinski definition) is 1. The number of methoxy groups -OCH3 is 1. The molecule has 2 heteroatoms. The van der Waals surface area contributed by atoms with Crippen LogP contribution in [0.4, 0.5) is 0 Å². The third-order valence-corrected chi connectivity index (χ3v) is 4.64. The molecule has 1 aliphatic rings. The number of nitrogens with two attached hydrogens (primary N) is 1. The Kier molecular flexibility index (Phi) is 4.32. The first-order valence-corrected chi connectivity index (χ1v) is 7.33. The van der Waals surface area contributed by atoms with Crippen LogP contribution in [-0.4, -0.2) is 18.8 Å². The molecule has 0 radical (unpaired) electrons. The van der Waals surface area contributed by atoms with Crippen molar-refractivity contribution in [1.82, 2.24) is 0 Å². The molecule has 1 fully saturated rings. The Hall–Kier alpha value is -0.860. The smallest absolute Gasteiger partial charge is 0.0693 e. The van der Waals surface area contributed by atoms with Crippen molar-refractivity contribution in [2.75, 3.05) is 7.11 Å². The number of ether oxygens (including phenoxy) is 1. The van der Waals surface area contributed by atoms with Gasteiger partial charge in [-0.2, -0.15) is 0 Å². The van der Waals surface area contributed by atoms with Crippen LogP contribution in [0.25, 0.3) is 0 Å². The van der Waals surface area contributed by atoms with Crippen LogP contribution in [0.15, 0.2) is 12.1 Å². The Morgan fingerprint density at radius 2 is 1.79 bits per heavy atom. The molecule has 1 atom stereocenters. The maximum atomic E-state index is 6.37.